The summed E-state index contributed by atoms with van der Waals surface area (Å²) in [6.45, 7) is 11.5. The molecule has 1 aliphatic rings. The third-order valence-electron chi connectivity index (χ3n) is 5.07. The maximum atomic E-state index is 12.4. The van der Waals surface area contributed by atoms with E-state index in [0.29, 0.717) is 12.3 Å². The molecular weight excluding hydrogens is 324 g/mol. The van der Waals surface area contributed by atoms with Crippen molar-refractivity contribution in [3.05, 3.63) is 29.8 Å². The second-order valence-electron chi connectivity index (χ2n) is 8.08. The minimum absolute atomic E-state index is 0.00964. The van der Waals surface area contributed by atoms with E-state index >= 15 is 0 Å². The van der Waals surface area contributed by atoms with Crippen LogP contribution in [-0.2, 0) is 4.79 Å². The van der Waals surface area contributed by atoms with Gasteiger partial charge in [0.25, 0.3) is 0 Å². The number of ketones is 1. The Kier molecular flexibility index (Phi) is 7.67. The average molecular weight is 359 g/mol. The van der Waals surface area contributed by atoms with Crippen molar-refractivity contribution < 1.29 is 9.59 Å². The van der Waals surface area contributed by atoms with Crippen molar-refractivity contribution in [1.29, 1.82) is 0 Å². The normalized spacial score (nSPS) is 15.0. The minimum atomic E-state index is 0.00964. The summed E-state index contributed by atoms with van der Waals surface area (Å²) in [5.74, 6) is 1.20. The molecule has 1 saturated heterocycles. The van der Waals surface area contributed by atoms with Crippen LogP contribution >= 0.6 is 0 Å². The van der Waals surface area contributed by atoms with Crippen molar-refractivity contribution in [2.24, 2.45) is 11.8 Å². The molecule has 0 bridgehead atoms. The Labute approximate surface area is 158 Å². The van der Waals surface area contributed by atoms with Gasteiger partial charge in [-0.15, -0.1) is 0 Å². The molecule has 0 atom stereocenters. The van der Waals surface area contributed by atoms with Gasteiger partial charge in [-0.25, -0.2) is 0 Å². The van der Waals surface area contributed by atoms with Gasteiger partial charge in [-0.2, -0.15) is 0 Å². The van der Waals surface area contributed by atoms with Gasteiger partial charge >= 0.3 is 0 Å². The fraction of sp³-hybridized carbons (Fsp3) is 0.636. The Balaban J connectivity index is 1.83. The summed E-state index contributed by atoms with van der Waals surface area (Å²) in [5, 5.41) is 0. The zero-order valence-corrected chi connectivity index (χ0v) is 16.8. The van der Waals surface area contributed by atoms with Gasteiger partial charge < -0.3 is 9.80 Å². The van der Waals surface area contributed by atoms with Gasteiger partial charge in [0.2, 0.25) is 5.91 Å². The topological polar surface area (TPSA) is 40.6 Å². The van der Waals surface area contributed by atoms with Crippen LogP contribution in [0.2, 0.25) is 0 Å². The monoisotopic (exact) mass is 358 g/mol. The zero-order chi connectivity index (χ0) is 19.1. The third kappa shape index (κ3) is 5.86. The number of amides is 1. The van der Waals surface area contributed by atoms with Crippen molar-refractivity contribution in [3.63, 3.8) is 0 Å². The molecule has 1 aromatic rings. The van der Waals surface area contributed by atoms with Gasteiger partial charge in [0, 0.05) is 49.8 Å². The Morgan fingerprint density at radius 2 is 1.69 bits per heavy atom. The Morgan fingerprint density at radius 1 is 1.00 bits per heavy atom. The Morgan fingerprint density at radius 3 is 2.31 bits per heavy atom. The Hall–Kier alpha value is -1.84. The number of carbonyl (C=O) groups is 2. The second-order valence-corrected chi connectivity index (χ2v) is 8.08. The summed E-state index contributed by atoms with van der Waals surface area (Å²) in [6, 6.07) is 7.90. The lowest BCUT2D eigenvalue weighted by molar-refractivity contribution is -0.131. The van der Waals surface area contributed by atoms with Gasteiger partial charge in [0.1, 0.15) is 0 Å². The van der Waals surface area contributed by atoms with Crippen LogP contribution < -0.4 is 4.90 Å². The highest BCUT2D eigenvalue weighted by Crippen LogP contribution is 2.20. The standard InChI is InChI=1S/C22H34N2O2/c1-17(2)8-5-6-11-21(25)24-14-12-23(13-15-24)20-10-7-9-19(16-20)22(26)18(3)4/h7,9-10,16-18H,5-6,8,11-15H2,1-4H3. The van der Waals surface area contributed by atoms with E-state index in [1.165, 1.54) is 6.42 Å². The summed E-state index contributed by atoms with van der Waals surface area (Å²) in [6.07, 6.45) is 4.01. The van der Waals surface area contributed by atoms with E-state index in [4.69, 9.17) is 0 Å². The number of piperazine rings is 1. The molecule has 1 aromatic carbocycles. The first kappa shape index (κ1) is 20.5. The SMILES string of the molecule is CC(C)CCCCC(=O)N1CCN(c2cccc(C(=O)C(C)C)c2)CC1. The number of nitrogens with zero attached hydrogens (tertiary/aromatic N) is 2. The molecule has 26 heavy (non-hydrogen) atoms. The molecule has 4 nitrogen and oxygen atoms in total. The molecule has 0 aliphatic carbocycles. The number of anilines is 1. The number of Topliss-reactive ketones (excluding diaryl/α,β-unsaturated/α-hetero) is 1. The molecule has 0 N–H and O–H groups in total. The fourth-order valence-corrected chi connectivity index (χ4v) is 3.39. The van der Waals surface area contributed by atoms with Gasteiger partial charge in [-0.3, -0.25) is 9.59 Å². The summed E-state index contributed by atoms with van der Waals surface area (Å²) < 4.78 is 0. The summed E-state index contributed by atoms with van der Waals surface area (Å²) in [7, 11) is 0. The van der Waals surface area contributed by atoms with Gasteiger partial charge in [-0.05, 0) is 24.5 Å². The highest BCUT2D eigenvalue weighted by atomic mass is 16.2. The van der Waals surface area contributed by atoms with Crippen LogP contribution in [0.4, 0.5) is 5.69 Å². The molecule has 4 heteroatoms. The van der Waals surface area contributed by atoms with E-state index < -0.39 is 0 Å². The van der Waals surface area contributed by atoms with E-state index in [2.05, 4.69) is 24.8 Å². The quantitative estimate of drug-likeness (QED) is 0.511. The van der Waals surface area contributed by atoms with Gasteiger partial charge in [0.15, 0.2) is 5.78 Å². The Bertz CT molecular complexity index is 602. The third-order valence-corrected chi connectivity index (χ3v) is 5.07. The number of hydrogen-bond donors (Lipinski definition) is 0. The summed E-state index contributed by atoms with van der Waals surface area (Å²) in [4.78, 5) is 28.9. The van der Waals surface area contributed by atoms with E-state index in [1.807, 2.05) is 36.9 Å². The van der Waals surface area contributed by atoms with Crippen molar-refractivity contribution in [3.8, 4) is 0 Å². The molecule has 144 valence electrons. The van der Waals surface area contributed by atoms with Crippen LogP contribution in [0.3, 0.4) is 0 Å². The second kappa shape index (κ2) is 9.75. The van der Waals surface area contributed by atoms with E-state index in [0.717, 1.165) is 50.3 Å². The van der Waals surface area contributed by atoms with Crippen molar-refractivity contribution in [2.75, 3.05) is 31.1 Å². The fourth-order valence-electron chi connectivity index (χ4n) is 3.39. The van der Waals surface area contributed by atoms with Crippen LogP contribution in [0.1, 0.15) is 63.7 Å². The lowest BCUT2D eigenvalue weighted by atomic mass is 10.0. The average Bonchev–Trinajstić information content (AvgIpc) is 2.64. The molecular formula is C22H34N2O2. The first-order valence-corrected chi connectivity index (χ1v) is 10.1. The van der Waals surface area contributed by atoms with Crippen molar-refractivity contribution in [1.82, 2.24) is 4.90 Å². The predicted molar refractivity (Wildman–Crippen MR) is 108 cm³/mol. The minimum Gasteiger partial charge on any atom is -0.368 e. The van der Waals surface area contributed by atoms with Crippen LogP contribution in [0.25, 0.3) is 0 Å². The molecule has 1 aliphatic heterocycles. The highest BCUT2D eigenvalue weighted by Gasteiger charge is 2.21. The lowest BCUT2D eigenvalue weighted by Crippen LogP contribution is -2.48. The van der Waals surface area contributed by atoms with E-state index in [1.54, 1.807) is 0 Å². The van der Waals surface area contributed by atoms with Gasteiger partial charge in [-0.1, -0.05) is 52.7 Å². The number of unbranched alkanes of at least 4 members (excludes halogenated alkanes) is 1. The molecule has 1 amide bonds. The lowest BCUT2D eigenvalue weighted by Gasteiger charge is -2.36. The zero-order valence-electron chi connectivity index (χ0n) is 16.8. The highest BCUT2D eigenvalue weighted by molar-refractivity contribution is 5.98. The van der Waals surface area contributed by atoms with E-state index in [-0.39, 0.29) is 17.6 Å². The van der Waals surface area contributed by atoms with Crippen molar-refractivity contribution in [2.45, 2.75) is 53.4 Å². The van der Waals surface area contributed by atoms with Crippen LogP contribution in [-0.4, -0.2) is 42.8 Å². The maximum absolute atomic E-state index is 12.4. The molecule has 0 radical (unpaired) electrons. The maximum Gasteiger partial charge on any atom is 0.222 e. The largest absolute Gasteiger partial charge is 0.368 e. The number of carbonyl (C=O) groups excluding carboxylic acids is 2. The smallest absolute Gasteiger partial charge is 0.222 e. The summed E-state index contributed by atoms with van der Waals surface area (Å²) in [5.41, 5.74) is 1.86. The van der Waals surface area contributed by atoms with E-state index in [9.17, 15) is 9.59 Å². The van der Waals surface area contributed by atoms with Crippen molar-refractivity contribution >= 4 is 17.4 Å². The van der Waals surface area contributed by atoms with Gasteiger partial charge in [0.05, 0.1) is 0 Å². The molecule has 0 aromatic heterocycles. The van der Waals surface area contributed by atoms with Crippen LogP contribution in [0.5, 0.6) is 0 Å². The molecule has 1 heterocycles. The molecule has 0 saturated carbocycles. The van der Waals surface area contributed by atoms with Crippen LogP contribution in [0, 0.1) is 11.8 Å². The molecule has 2 rings (SSSR count). The number of hydrogen-bond acceptors (Lipinski definition) is 3. The first-order valence-electron chi connectivity index (χ1n) is 10.1. The number of benzene rings is 1. The summed E-state index contributed by atoms with van der Waals surface area (Å²) >= 11 is 0. The van der Waals surface area contributed by atoms with Crippen LogP contribution in [0.15, 0.2) is 24.3 Å². The molecule has 0 unspecified atom stereocenters. The first-order chi connectivity index (χ1) is 12.4. The number of rotatable bonds is 8. The molecule has 0 spiro atoms. The molecule has 1 fully saturated rings. The predicted octanol–water partition coefficient (Wildman–Crippen LogP) is 4.39.